The van der Waals surface area contributed by atoms with Gasteiger partial charge in [0.25, 0.3) is 0 Å². The van der Waals surface area contributed by atoms with E-state index in [9.17, 15) is 19.2 Å². The Kier molecular flexibility index (Phi) is 8.23. The fourth-order valence-corrected chi connectivity index (χ4v) is 5.49. The molecule has 0 bridgehead atoms. The minimum Gasteiger partial charge on any atom is -0.454 e. The highest BCUT2D eigenvalue weighted by molar-refractivity contribution is 8.00. The van der Waals surface area contributed by atoms with Crippen LogP contribution in [-0.4, -0.2) is 53.9 Å². The van der Waals surface area contributed by atoms with Gasteiger partial charge in [-0.25, -0.2) is 4.79 Å². The summed E-state index contributed by atoms with van der Waals surface area (Å²) < 4.78 is 5.33. The van der Waals surface area contributed by atoms with E-state index in [0.29, 0.717) is 40.6 Å². The van der Waals surface area contributed by atoms with Crippen LogP contribution in [-0.2, 0) is 20.7 Å². The predicted molar refractivity (Wildman–Crippen MR) is 135 cm³/mol. The van der Waals surface area contributed by atoms with E-state index in [-0.39, 0.29) is 30.0 Å². The minimum atomic E-state index is -0.597. The van der Waals surface area contributed by atoms with Crippen LogP contribution in [0.3, 0.4) is 0 Å². The zero-order chi connectivity index (χ0) is 24.8. The van der Waals surface area contributed by atoms with Crippen LogP contribution in [0.4, 0.5) is 5.69 Å². The molecule has 0 saturated heterocycles. The number of fused-ring (bicyclic) bond motifs is 1. The van der Waals surface area contributed by atoms with E-state index in [1.165, 1.54) is 18.2 Å². The summed E-state index contributed by atoms with van der Waals surface area (Å²) in [6, 6.07) is 12.3. The first-order valence-electron chi connectivity index (χ1n) is 12.0. The van der Waals surface area contributed by atoms with Crippen LogP contribution >= 0.6 is 11.8 Å². The molecule has 2 aromatic carbocycles. The number of thioether (sulfide) groups is 1. The van der Waals surface area contributed by atoms with Crippen LogP contribution in [0.5, 0.6) is 0 Å². The summed E-state index contributed by atoms with van der Waals surface area (Å²) in [6.07, 6.45) is 6.59. The summed E-state index contributed by atoms with van der Waals surface area (Å²) in [5.74, 6) is -0.664. The van der Waals surface area contributed by atoms with Crippen molar-refractivity contribution in [1.82, 2.24) is 4.90 Å². The quantitative estimate of drug-likeness (QED) is 0.330. The van der Waals surface area contributed by atoms with E-state index in [2.05, 4.69) is 5.32 Å². The van der Waals surface area contributed by atoms with Crippen LogP contribution in [0.25, 0.3) is 0 Å². The zero-order valence-corrected chi connectivity index (χ0v) is 20.7. The molecular weight excluding hydrogens is 464 g/mol. The Balaban J connectivity index is 1.33. The van der Waals surface area contributed by atoms with E-state index in [0.717, 1.165) is 31.2 Å². The number of rotatable bonds is 8. The van der Waals surface area contributed by atoms with Gasteiger partial charge in [0.1, 0.15) is 0 Å². The van der Waals surface area contributed by atoms with Crippen molar-refractivity contribution in [3.8, 4) is 0 Å². The van der Waals surface area contributed by atoms with Gasteiger partial charge in [-0.1, -0.05) is 31.4 Å². The topological polar surface area (TPSA) is 92.8 Å². The number of carbonyl (C=O) groups excluding carboxylic acids is 4. The number of benzene rings is 2. The summed E-state index contributed by atoms with van der Waals surface area (Å²) in [4.78, 5) is 52.1. The smallest absolute Gasteiger partial charge is 0.339 e. The molecule has 2 aliphatic rings. The highest BCUT2D eigenvalue weighted by Gasteiger charge is 2.23. The van der Waals surface area contributed by atoms with Crippen molar-refractivity contribution in [2.45, 2.75) is 55.9 Å². The molecule has 0 unspecified atom stereocenters. The summed E-state index contributed by atoms with van der Waals surface area (Å²) in [6.45, 7) is -0.383. The van der Waals surface area contributed by atoms with Gasteiger partial charge in [0.15, 0.2) is 12.4 Å². The van der Waals surface area contributed by atoms with Crippen LogP contribution < -0.4 is 5.32 Å². The van der Waals surface area contributed by atoms with Crippen LogP contribution in [0, 0.1) is 0 Å². The maximum atomic E-state index is 12.8. The Hall–Kier alpha value is -3.13. The maximum Gasteiger partial charge on any atom is 0.339 e. The second kappa shape index (κ2) is 11.5. The van der Waals surface area contributed by atoms with Crippen molar-refractivity contribution in [3.63, 3.8) is 0 Å². The number of ketones is 1. The lowest BCUT2D eigenvalue weighted by Gasteiger charge is -2.31. The number of hydrogen-bond acceptors (Lipinski definition) is 6. The van der Waals surface area contributed by atoms with E-state index in [1.807, 2.05) is 18.0 Å². The average Bonchev–Trinajstić information content (AvgIpc) is 2.90. The molecule has 35 heavy (non-hydrogen) atoms. The standard InChI is InChI=1S/C27H30N2O5S/c1-29(20-7-3-2-4-8-20)26(32)17-35-24-10-6-5-9-21(24)27(33)34-16-23(30)19-11-13-22-18(15-19)12-14-25(31)28-22/h5-6,9-11,13,15,20H,2-4,7-8,12,14,16-17H2,1H3,(H,28,31). The molecule has 0 radical (unpaired) electrons. The first kappa shape index (κ1) is 25.0. The van der Waals surface area contributed by atoms with Crippen LogP contribution in [0.15, 0.2) is 47.4 Å². The van der Waals surface area contributed by atoms with Crippen molar-refractivity contribution in [3.05, 3.63) is 59.2 Å². The lowest BCUT2D eigenvalue weighted by Crippen LogP contribution is -2.39. The molecular formula is C27H30N2O5S. The number of nitrogens with one attached hydrogen (secondary N) is 1. The largest absolute Gasteiger partial charge is 0.454 e. The van der Waals surface area contributed by atoms with Gasteiger partial charge in [0.2, 0.25) is 11.8 Å². The average molecular weight is 495 g/mol. The van der Waals surface area contributed by atoms with Gasteiger partial charge in [0.05, 0.1) is 11.3 Å². The van der Waals surface area contributed by atoms with Gasteiger partial charge >= 0.3 is 5.97 Å². The van der Waals surface area contributed by atoms with Crippen molar-refractivity contribution < 1.29 is 23.9 Å². The lowest BCUT2D eigenvalue weighted by atomic mass is 9.94. The Morgan fingerprint density at radius 3 is 2.63 bits per heavy atom. The summed E-state index contributed by atoms with van der Waals surface area (Å²) in [7, 11) is 1.86. The Morgan fingerprint density at radius 2 is 1.83 bits per heavy atom. The molecule has 1 aliphatic heterocycles. The SMILES string of the molecule is CN(C(=O)CSc1ccccc1C(=O)OCC(=O)c1ccc2c(c1)CCC(=O)N2)C1CCCCC1. The number of esters is 1. The molecule has 0 spiro atoms. The molecule has 0 atom stereocenters. The van der Waals surface area contributed by atoms with Crippen LogP contribution in [0.2, 0.25) is 0 Å². The second-order valence-corrected chi connectivity index (χ2v) is 10.0. The first-order valence-corrected chi connectivity index (χ1v) is 13.0. The third-order valence-electron chi connectivity index (χ3n) is 6.63. The monoisotopic (exact) mass is 494 g/mol. The van der Waals surface area contributed by atoms with Crippen molar-refractivity contribution in [1.29, 1.82) is 0 Å². The van der Waals surface area contributed by atoms with Gasteiger partial charge in [-0.3, -0.25) is 14.4 Å². The number of aryl methyl sites for hydroxylation is 1. The Morgan fingerprint density at radius 1 is 1.06 bits per heavy atom. The third-order valence-corrected chi connectivity index (χ3v) is 7.69. The van der Waals surface area contributed by atoms with Crippen molar-refractivity contribution in [2.24, 2.45) is 0 Å². The number of hydrogen-bond donors (Lipinski definition) is 1. The maximum absolute atomic E-state index is 12.8. The zero-order valence-electron chi connectivity index (χ0n) is 19.9. The number of carbonyl (C=O) groups is 4. The molecule has 1 fully saturated rings. The highest BCUT2D eigenvalue weighted by atomic mass is 32.2. The summed E-state index contributed by atoms with van der Waals surface area (Å²) in [5, 5.41) is 2.78. The number of ether oxygens (including phenoxy) is 1. The number of amides is 2. The fourth-order valence-electron chi connectivity index (χ4n) is 4.52. The molecule has 2 amide bonds. The predicted octanol–water partition coefficient (Wildman–Crippen LogP) is 4.49. The van der Waals surface area contributed by atoms with E-state index < -0.39 is 5.97 Å². The van der Waals surface area contributed by atoms with Gasteiger partial charge in [-0.2, -0.15) is 0 Å². The van der Waals surface area contributed by atoms with Crippen molar-refractivity contribution in [2.75, 3.05) is 24.7 Å². The van der Waals surface area contributed by atoms with Gasteiger partial charge in [-0.15, -0.1) is 11.8 Å². The molecule has 2 aromatic rings. The molecule has 1 heterocycles. The molecule has 8 heteroatoms. The lowest BCUT2D eigenvalue weighted by molar-refractivity contribution is -0.129. The molecule has 7 nitrogen and oxygen atoms in total. The highest BCUT2D eigenvalue weighted by Crippen LogP contribution is 2.27. The minimum absolute atomic E-state index is 0.0376. The summed E-state index contributed by atoms with van der Waals surface area (Å²) >= 11 is 1.31. The Bertz CT molecular complexity index is 1130. The van der Waals surface area contributed by atoms with Gasteiger partial charge in [0, 0.05) is 35.7 Å². The Labute approximate surface area is 209 Å². The second-order valence-electron chi connectivity index (χ2n) is 9.00. The van der Waals surface area contributed by atoms with E-state index in [4.69, 9.17) is 4.74 Å². The van der Waals surface area contributed by atoms with Crippen LogP contribution in [0.1, 0.15) is 64.8 Å². The van der Waals surface area contributed by atoms with E-state index in [1.54, 1.807) is 36.4 Å². The summed E-state index contributed by atoms with van der Waals surface area (Å²) in [5.41, 5.74) is 2.38. The number of nitrogens with zero attached hydrogens (tertiary/aromatic N) is 1. The molecule has 1 N–H and O–H groups in total. The number of Topliss-reactive ketones (excluding diaryl/α,β-unsaturated/α-hetero) is 1. The first-order chi connectivity index (χ1) is 16.9. The molecule has 4 rings (SSSR count). The van der Waals surface area contributed by atoms with Gasteiger partial charge in [-0.05, 0) is 55.2 Å². The van der Waals surface area contributed by atoms with Gasteiger partial charge < -0.3 is 15.0 Å². The van der Waals surface area contributed by atoms with Crippen molar-refractivity contribution >= 4 is 41.0 Å². The molecule has 1 aliphatic carbocycles. The molecule has 184 valence electrons. The normalized spacial score (nSPS) is 15.6. The third kappa shape index (κ3) is 6.31. The van der Waals surface area contributed by atoms with E-state index >= 15 is 0 Å². The molecule has 1 saturated carbocycles. The number of anilines is 1. The fraction of sp³-hybridized carbons (Fsp3) is 0.407. The molecule has 0 aromatic heterocycles.